The minimum absolute atomic E-state index is 0.195. The Morgan fingerprint density at radius 1 is 1.00 bits per heavy atom. The highest BCUT2D eigenvalue weighted by Crippen LogP contribution is 2.31. The van der Waals surface area contributed by atoms with E-state index in [2.05, 4.69) is 25.3 Å². The van der Waals surface area contributed by atoms with Crippen molar-refractivity contribution in [3.8, 4) is 11.1 Å². The van der Waals surface area contributed by atoms with E-state index in [0.29, 0.717) is 24.4 Å². The van der Waals surface area contributed by atoms with Crippen LogP contribution in [0.3, 0.4) is 0 Å². The number of aliphatic hydroxyl groups is 1. The van der Waals surface area contributed by atoms with Gasteiger partial charge in [-0.25, -0.2) is 0 Å². The number of halogens is 3. The monoisotopic (exact) mass is 433 g/mol. The summed E-state index contributed by atoms with van der Waals surface area (Å²) in [4.78, 5) is 4.11. The van der Waals surface area contributed by atoms with Crippen molar-refractivity contribution >= 4 is 0 Å². The smallest absolute Gasteiger partial charge is 0.403 e. The highest BCUT2D eigenvalue weighted by Gasteiger charge is 2.29. The number of benzene rings is 2. The van der Waals surface area contributed by atoms with E-state index < -0.39 is 11.7 Å². The van der Waals surface area contributed by atoms with Gasteiger partial charge in [-0.15, -0.1) is 0 Å². The summed E-state index contributed by atoms with van der Waals surface area (Å²) in [5.41, 5.74) is 9.09. The predicted octanol–water partition coefficient (Wildman–Crippen LogP) is 4.82. The molecule has 2 rings (SSSR count). The Kier molecular flexibility index (Phi) is 8.71. The summed E-state index contributed by atoms with van der Waals surface area (Å²) in [7, 11) is 0. The van der Waals surface area contributed by atoms with E-state index >= 15 is 0 Å². The van der Waals surface area contributed by atoms with Gasteiger partial charge in [0.05, 0.1) is 12.2 Å². The van der Waals surface area contributed by atoms with E-state index in [1.54, 1.807) is 0 Å². The lowest BCUT2D eigenvalue weighted by atomic mass is 10.0. The fourth-order valence-electron chi connectivity index (χ4n) is 3.24. The Bertz CT molecular complexity index is 870. The third-order valence-corrected chi connectivity index (χ3v) is 5.22. The van der Waals surface area contributed by atoms with Gasteiger partial charge in [0.2, 0.25) is 0 Å². The molecule has 0 heterocycles. The number of likely N-dealkylation sites (N-methyl/N-ethyl adjacent to an activating group) is 1. The topological polar surface area (TPSA) is 52.7 Å². The molecule has 0 saturated heterocycles. The fourth-order valence-corrected chi connectivity index (χ4v) is 3.24. The van der Waals surface area contributed by atoms with Crippen molar-refractivity contribution in [2.24, 2.45) is 5.73 Å². The second kappa shape index (κ2) is 11.0. The highest BCUT2D eigenvalue weighted by molar-refractivity contribution is 5.64. The van der Waals surface area contributed by atoms with Crippen molar-refractivity contribution in [2.75, 3.05) is 26.2 Å². The summed E-state index contributed by atoms with van der Waals surface area (Å²) in [6.45, 7) is 10.7. The Morgan fingerprint density at radius 3 is 1.94 bits per heavy atom. The molecule has 0 atom stereocenters. The zero-order valence-corrected chi connectivity index (χ0v) is 18.0. The average molecular weight is 434 g/mol. The van der Waals surface area contributed by atoms with Crippen molar-refractivity contribution in [3.05, 3.63) is 83.8 Å². The van der Waals surface area contributed by atoms with E-state index in [9.17, 15) is 18.3 Å². The van der Waals surface area contributed by atoms with Gasteiger partial charge in [-0.1, -0.05) is 56.8 Å². The molecule has 7 heteroatoms. The Morgan fingerprint density at radius 2 is 1.52 bits per heavy atom. The van der Waals surface area contributed by atoms with Crippen LogP contribution in [0.4, 0.5) is 13.2 Å². The largest absolute Gasteiger partial charge is 0.416 e. The maximum atomic E-state index is 12.8. The van der Waals surface area contributed by atoms with E-state index in [1.807, 2.05) is 29.2 Å². The van der Waals surface area contributed by atoms with Gasteiger partial charge in [0.25, 0.3) is 0 Å². The summed E-state index contributed by atoms with van der Waals surface area (Å²) in [6.07, 6.45) is -2.81. The molecule has 0 fully saturated rings. The first kappa shape index (κ1) is 24.5. The first-order valence-corrected chi connectivity index (χ1v) is 10.2. The molecule has 0 amide bonds. The van der Waals surface area contributed by atoms with Crippen LogP contribution in [0.25, 0.3) is 11.1 Å². The van der Waals surface area contributed by atoms with Crippen molar-refractivity contribution in [1.82, 2.24) is 9.80 Å². The summed E-state index contributed by atoms with van der Waals surface area (Å²) in [5.74, 6) is 0. The third-order valence-electron chi connectivity index (χ3n) is 5.22. The van der Waals surface area contributed by atoms with E-state index in [-0.39, 0.29) is 6.61 Å². The van der Waals surface area contributed by atoms with Gasteiger partial charge in [-0.3, -0.25) is 4.90 Å². The number of nitrogens with two attached hydrogens (primary N) is 1. The van der Waals surface area contributed by atoms with Gasteiger partial charge in [-0.05, 0) is 41.9 Å². The maximum Gasteiger partial charge on any atom is 0.416 e. The van der Waals surface area contributed by atoms with Crippen LogP contribution in [0.1, 0.15) is 25.0 Å². The molecule has 0 saturated carbocycles. The van der Waals surface area contributed by atoms with Crippen molar-refractivity contribution < 1.29 is 18.3 Å². The second-order valence-corrected chi connectivity index (χ2v) is 7.20. The molecule has 2 aromatic carbocycles. The van der Waals surface area contributed by atoms with Crippen LogP contribution >= 0.6 is 0 Å². The zero-order chi connectivity index (χ0) is 23.0. The summed E-state index contributed by atoms with van der Waals surface area (Å²) in [5, 5.41) is 9.65. The summed E-state index contributed by atoms with van der Waals surface area (Å²) in [6, 6.07) is 12.7. The lowest BCUT2D eigenvalue weighted by Crippen LogP contribution is -2.34. The van der Waals surface area contributed by atoms with Crippen LogP contribution < -0.4 is 5.73 Å². The molecule has 0 aliphatic carbocycles. The second-order valence-electron chi connectivity index (χ2n) is 7.20. The lowest BCUT2D eigenvalue weighted by Gasteiger charge is -2.31. The molecular weight excluding hydrogens is 403 g/mol. The van der Waals surface area contributed by atoms with E-state index in [4.69, 9.17) is 5.73 Å². The first-order valence-electron chi connectivity index (χ1n) is 10.2. The molecule has 3 N–H and O–H groups in total. The average Bonchev–Trinajstić information content (AvgIpc) is 2.78. The molecule has 0 aromatic heterocycles. The van der Waals surface area contributed by atoms with E-state index in [1.165, 1.54) is 18.3 Å². The minimum Gasteiger partial charge on any atom is -0.403 e. The Balaban J connectivity index is 2.20. The molecule has 168 valence electrons. The number of hydrogen-bond acceptors (Lipinski definition) is 4. The maximum absolute atomic E-state index is 12.8. The molecular formula is C24H30F3N3O. The SMILES string of the molecule is C=C(CO)N(Cc1ccc(-c2ccc(C(F)(F)F)cc2)cc1)/C(=C\N)CN(CC)CC. The highest BCUT2D eigenvalue weighted by atomic mass is 19.4. The van der Waals surface area contributed by atoms with Crippen LogP contribution in [-0.4, -0.2) is 41.1 Å². The fraction of sp³-hybridized carbons (Fsp3) is 0.333. The van der Waals surface area contributed by atoms with Gasteiger partial charge >= 0.3 is 6.18 Å². The molecule has 4 nitrogen and oxygen atoms in total. The van der Waals surface area contributed by atoms with Gasteiger partial charge in [-0.2, -0.15) is 13.2 Å². The predicted molar refractivity (Wildman–Crippen MR) is 119 cm³/mol. The molecule has 0 aliphatic rings. The number of hydrogen-bond donors (Lipinski definition) is 2. The van der Waals surface area contributed by atoms with Crippen molar-refractivity contribution in [3.63, 3.8) is 0 Å². The Hall–Kier alpha value is -2.77. The van der Waals surface area contributed by atoms with Crippen LogP contribution in [-0.2, 0) is 12.7 Å². The van der Waals surface area contributed by atoms with Gasteiger partial charge in [0, 0.05) is 30.7 Å². The van der Waals surface area contributed by atoms with Crippen LogP contribution in [0.5, 0.6) is 0 Å². The van der Waals surface area contributed by atoms with Crippen LogP contribution in [0.15, 0.2) is 72.7 Å². The molecule has 0 spiro atoms. The number of aliphatic hydroxyl groups excluding tert-OH is 1. The summed E-state index contributed by atoms with van der Waals surface area (Å²) < 4.78 is 38.3. The van der Waals surface area contributed by atoms with Gasteiger partial charge < -0.3 is 15.7 Å². The number of nitrogens with zero attached hydrogens (tertiary/aromatic N) is 2. The lowest BCUT2D eigenvalue weighted by molar-refractivity contribution is -0.137. The normalized spacial score (nSPS) is 12.3. The Labute approximate surface area is 182 Å². The summed E-state index contributed by atoms with van der Waals surface area (Å²) >= 11 is 0. The van der Waals surface area contributed by atoms with Crippen LogP contribution in [0, 0.1) is 0 Å². The molecule has 31 heavy (non-hydrogen) atoms. The quantitative estimate of drug-likeness (QED) is 0.564. The standard InChI is InChI=1S/C24H30F3N3O/c1-4-29(5-2)16-23(14-28)30(18(3)17-31)15-19-6-8-20(9-7-19)21-10-12-22(13-11-21)24(25,26)27/h6-14,31H,3-5,15-17,28H2,1-2H3/b23-14-. The van der Waals surface area contributed by atoms with Crippen molar-refractivity contribution in [2.45, 2.75) is 26.6 Å². The minimum atomic E-state index is -4.35. The van der Waals surface area contributed by atoms with E-state index in [0.717, 1.165) is 42.0 Å². The molecule has 0 aliphatic heterocycles. The molecule has 0 bridgehead atoms. The third kappa shape index (κ3) is 6.60. The first-order chi connectivity index (χ1) is 14.7. The zero-order valence-electron chi connectivity index (χ0n) is 18.0. The molecule has 0 radical (unpaired) electrons. The van der Waals surface area contributed by atoms with Crippen LogP contribution in [0.2, 0.25) is 0 Å². The van der Waals surface area contributed by atoms with Crippen molar-refractivity contribution in [1.29, 1.82) is 0 Å². The molecule has 2 aromatic rings. The van der Waals surface area contributed by atoms with Gasteiger partial charge in [0.1, 0.15) is 0 Å². The van der Waals surface area contributed by atoms with Gasteiger partial charge in [0.15, 0.2) is 0 Å². The number of rotatable bonds is 10. The number of alkyl halides is 3. The molecule has 0 unspecified atom stereocenters.